The molecule has 0 radical (unpaired) electrons. The van der Waals surface area contributed by atoms with Crippen molar-refractivity contribution in [1.82, 2.24) is 15.5 Å². The van der Waals surface area contributed by atoms with Gasteiger partial charge in [0.1, 0.15) is 5.60 Å². The Kier molecular flexibility index (Phi) is 4.96. The van der Waals surface area contributed by atoms with Crippen LogP contribution in [-0.2, 0) is 4.74 Å². The summed E-state index contributed by atoms with van der Waals surface area (Å²) in [6, 6.07) is 0.719. The number of carbonyl (C=O) groups excluding carboxylic acids is 1. The maximum atomic E-state index is 11.8. The van der Waals surface area contributed by atoms with E-state index in [2.05, 4.69) is 20.5 Å². The van der Waals surface area contributed by atoms with Crippen LogP contribution in [0.4, 0.5) is 4.79 Å². The molecule has 2 aliphatic rings. The zero-order valence-corrected chi connectivity index (χ0v) is 13.6. The third kappa shape index (κ3) is 5.44. The highest BCUT2D eigenvalue weighted by atomic mass is 16.6. The Balaban J connectivity index is 1.81. The molecule has 1 saturated carbocycles. The van der Waals surface area contributed by atoms with Gasteiger partial charge in [-0.15, -0.1) is 0 Å². The Morgan fingerprint density at radius 1 is 1.24 bits per heavy atom. The first kappa shape index (κ1) is 15.9. The molecule has 2 rings (SSSR count). The van der Waals surface area contributed by atoms with Crippen molar-refractivity contribution in [3.8, 4) is 0 Å². The van der Waals surface area contributed by atoms with E-state index in [-0.39, 0.29) is 12.1 Å². The summed E-state index contributed by atoms with van der Waals surface area (Å²) in [6.45, 7) is 10.1. The van der Waals surface area contributed by atoms with E-state index >= 15 is 0 Å². The second-order valence-electron chi connectivity index (χ2n) is 6.79. The number of likely N-dealkylation sites (tertiary alicyclic amines) is 1. The molecule has 1 unspecified atom stereocenters. The Morgan fingerprint density at radius 3 is 2.52 bits per heavy atom. The molecule has 2 fully saturated rings. The van der Waals surface area contributed by atoms with Crippen molar-refractivity contribution in [2.45, 2.75) is 64.6 Å². The van der Waals surface area contributed by atoms with Crippen LogP contribution in [0, 0.1) is 0 Å². The molecule has 1 atom stereocenters. The highest BCUT2D eigenvalue weighted by Crippen LogP contribution is 2.20. The van der Waals surface area contributed by atoms with Gasteiger partial charge in [0, 0.05) is 25.7 Å². The maximum absolute atomic E-state index is 11.8. The number of hydrogen-bond donors (Lipinski definition) is 2. The molecule has 6 nitrogen and oxygen atoms in total. The molecule has 0 aromatic carbocycles. The number of ether oxygens (including phenoxy) is 1. The van der Waals surface area contributed by atoms with Gasteiger partial charge >= 0.3 is 6.09 Å². The Labute approximate surface area is 127 Å². The summed E-state index contributed by atoms with van der Waals surface area (Å²) in [5.41, 5.74) is -0.454. The molecule has 120 valence electrons. The lowest BCUT2D eigenvalue weighted by atomic mass is 10.2. The van der Waals surface area contributed by atoms with Crippen LogP contribution in [0.15, 0.2) is 4.99 Å². The summed E-state index contributed by atoms with van der Waals surface area (Å²) in [6.07, 6.45) is 3.05. The largest absolute Gasteiger partial charge is 0.444 e. The molecule has 1 heterocycles. The minimum atomic E-state index is -0.454. The van der Waals surface area contributed by atoms with Crippen molar-refractivity contribution in [3.05, 3.63) is 0 Å². The highest BCUT2D eigenvalue weighted by molar-refractivity contribution is 5.81. The van der Waals surface area contributed by atoms with Crippen LogP contribution in [0.25, 0.3) is 0 Å². The van der Waals surface area contributed by atoms with Crippen molar-refractivity contribution in [1.29, 1.82) is 0 Å². The second kappa shape index (κ2) is 6.54. The van der Waals surface area contributed by atoms with Crippen LogP contribution in [0.2, 0.25) is 0 Å². The third-order valence-corrected chi connectivity index (χ3v) is 3.43. The van der Waals surface area contributed by atoms with Gasteiger partial charge in [0.15, 0.2) is 5.96 Å². The molecule has 1 amide bonds. The zero-order chi connectivity index (χ0) is 15.5. The summed E-state index contributed by atoms with van der Waals surface area (Å²) >= 11 is 0. The molecular weight excluding hydrogens is 268 g/mol. The molecular formula is C15H28N4O2. The SMILES string of the molecule is CCN=C(NC1CC1)N1CCC(NC(=O)OC(C)(C)C)C1. The minimum Gasteiger partial charge on any atom is -0.444 e. The number of carbonyl (C=O) groups is 1. The van der Waals surface area contributed by atoms with Crippen LogP contribution in [0.1, 0.15) is 47.0 Å². The summed E-state index contributed by atoms with van der Waals surface area (Å²) < 4.78 is 5.30. The predicted molar refractivity (Wildman–Crippen MR) is 83.5 cm³/mol. The van der Waals surface area contributed by atoms with Crippen molar-refractivity contribution >= 4 is 12.1 Å². The van der Waals surface area contributed by atoms with Crippen LogP contribution < -0.4 is 10.6 Å². The van der Waals surface area contributed by atoms with Crippen molar-refractivity contribution in [3.63, 3.8) is 0 Å². The van der Waals surface area contributed by atoms with Gasteiger partial charge in [-0.3, -0.25) is 4.99 Å². The van der Waals surface area contributed by atoms with E-state index in [0.717, 1.165) is 32.0 Å². The lowest BCUT2D eigenvalue weighted by molar-refractivity contribution is 0.0507. The Hall–Kier alpha value is -1.46. The summed E-state index contributed by atoms with van der Waals surface area (Å²) in [5, 5.41) is 6.42. The fraction of sp³-hybridized carbons (Fsp3) is 0.867. The van der Waals surface area contributed by atoms with Crippen LogP contribution in [0.5, 0.6) is 0 Å². The van der Waals surface area contributed by atoms with Gasteiger partial charge in [-0.25, -0.2) is 4.79 Å². The van der Waals surface area contributed by atoms with E-state index in [9.17, 15) is 4.79 Å². The lowest BCUT2D eigenvalue weighted by Gasteiger charge is -2.23. The molecule has 0 aromatic rings. The van der Waals surface area contributed by atoms with Crippen molar-refractivity contribution in [2.75, 3.05) is 19.6 Å². The van der Waals surface area contributed by atoms with Gasteiger partial charge in [0.2, 0.25) is 0 Å². The van der Waals surface area contributed by atoms with Gasteiger partial charge in [-0.2, -0.15) is 0 Å². The zero-order valence-electron chi connectivity index (χ0n) is 13.6. The van der Waals surface area contributed by atoms with E-state index in [4.69, 9.17) is 4.74 Å². The number of guanidine groups is 1. The van der Waals surface area contributed by atoms with E-state index in [1.54, 1.807) is 0 Å². The predicted octanol–water partition coefficient (Wildman–Crippen LogP) is 1.71. The smallest absolute Gasteiger partial charge is 0.407 e. The van der Waals surface area contributed by atoms with Gasteiger partial charge < -0.3 is 20.3 Å². The Morgan fingerprint density at radius 2 is 1.95 bits per heavy atom. The number of rotatable bonds is 3. The molecule has 1 saturated heterocycles. The summed E-state index contributed by atoms with van der Waals surface area (Å²) in [4.78, 5) is 18.6. The second-order valence-corrected chi connectivity index (χ2v) is 6.79. The number of amides is 1. The first-order valence-electron chi connectivity index (χ1n) is 7.93. The van der Waals surface area contributed by atoms with Gasteiger partial charge in [-0.1, -0.05) is 0 Å². The van der Waals surface area contributed by atoms with Gasteiger partial charge in [0.25, 0.3) is 0 Å². The number of alkyl carbamates (subject to hydrolysis) is 1. The normalized spacial score (nSPS) is 23.1. The van der Waals surface area contributed by atoms with E-state index < -0.39 is 5.60 Å². The van der Waals surface area contributed by atoms with Crippen molar-refractivity contribution in [2.24, 2.45) is 4.99 Å². The van der Waals surface area contributed by atoms with Crippen LogP contribution in [0.3, 0.4) is 0 Å². The van der Waals surface area contributed by atoms with E-state index in [1.807, 2.05) is 27.7 Å². The quantitative estimate of drug-likeness (QED) is 0.615. The topological polar surface area (TPSA) is 66.0 Å². The average Bonchev–Trinajstić information content (AvgIpc) is 3.04. The molecule has 0 bridgehead atoms. The van der Waals surface area contributed by atoms with E-state index in [1.165, 1.54) is 12.8 Å². The molecule has 0 aromatic heterocycles. The molecule has 0 spiro atoms. The molecule has 2 N–H and O–H groups in total. The summed E-state index contributed by atoms with van der Waals surface area (Å²) in [5.74, 6) is 0.980. The number of aliphatic imine (C=N–C) groups is 1. The first-order chi connectivity index (χ1) is 9.87. The number of hydrogen-bond acceptors (Lipinski definition) is 3. The van der Waals surface area contributed by atoms with Gasteiger partial charge in [0.05, 0.1) is 6.04 Å². The average molecular weight is 296 g/mol. The van der Waals surface area contributed by atoms with Crippen LogP contribution >= 0.6 is 0 Å². The number of nitrogens with one attached hydrogen (secondary N) is 2. The highest BCUT2D eigenvalue weighted by Gasteiger charge is 2.30. The summed E-state index contributed by atoms with van der Waals surface area (Å²) in [7, 11) is 0. The monoisotopic (exact) mass is 296 g/mol. The fourth-order valence-electron chi connectivity index (χ4n) is 2.34. The molecule has 1 aliphatic carbocycles. The standard InChI is InChI=1S/C15H28N4O2/c1-5-16-13(17-11-6-7-11)19-9-8-12(10-19)18-14(20)21-15(2,3)4/h11-12H,5-10H2,1-4H3,(H,16,17)(H,18,20). The van der Waals surface area contributed by atoms with E-state index in [0.29, 0.717) is 6.04 Å². The lowest BCUT2D eigenvalue weighted by Crippen LogP contribution is -2.44. The first-order valence-corrected chi connectivity index (χ1v) is 7.93. The van der Waals surface area contributed by atoms with Crippen LogP contribution in [-0.4, -0.2) is 54.3 Å². The Bertz CT molecular complexity index is 399. The molecule has 21 heavy (non-hydrogen) atoms. The van der Waals surface area contributed by atoms with Crippen molar-refractivity contribution < 1.29 is 9.53 Å². The molecule has 6 heteroatoms. The number of nitrogens with zero attached hydrogens (tertiary/aromatic N) is 2. The third-order valence-electron chi connectivity index (χ3n) is 3.43. The molecule has 1 aliphatic heterocycles. The fourth-order valence-corrected chi connectivity index (χ4v) is 2.34. The minimum absolute atomic E-state index is 0.128. The van der Waals surface area contributed by atoms with Gasteiger partial charge in [-0.05, 0) is 47.0 Å². The maximum Gasteiger partial charge on any atom is 0.407 e.